The van der Waals surface area contributed by atoms with Gasteiger partial charge in [-0.15, -0.1) is 0 Å². The van der Waals surface area contributed by atoms with Gasteiger partial charge >= 0.3 is 6.03 Å². The van der Waals surface area contributed by atoms with Crippen molar-refractivity contribution in [3.63, 3.8) is 0 Å². The Kier molecular flexibility index (Phi) is 5.71. The molecule has 0 radical (unpaired) electrons. The van der Waals surface area contributed by atoms with Crippen LogP contribution in [0.1, 0.15) is 29.1 Å². The Bertz CT molecular complexity index is 1170. The van der Waals surface area contributed by atoms with Gasteiger partial charge in [0.2, 0.25) is 0 Å². The second-order valence-electron chi connectivity index (χ2n) is 7.30. The van der Waals surface area contributed by atoms with Crippen LogP contribution in [-0.2, 0) is 0 Å². The van der Waals surface area contributed by atoms with Gasteiger partial charge in [0.15, 0.2) is 0 Å². The van der Waals surface area contributed by atoms with Crippen LogP contribution in [0.2, 0.25) is 0 Å². The fourth-order valence-electron chi connectivity index (χ4n) is 3.22. The van der Waals surface area contributed by atoms with Crippen molar-refractivity contribution in [3.8, 4) is 0 Å². The predicted octanol–water partition coefficient (Wildman–Crippen LogP) is 5.91. The SMILES string of the molecule is CC(c1cc2ccccc2o1)N(C)C(=O)Nc1ccc(C(=O)Nc2ccccc2)cc1. The van der Waals surface area contributed by atoms with E-state index in [0.29, 0.717) is 17.0 Å². The first kappa shape index (κ1) is 20.2. The number of amides is 3. The van der Waals surface area contributed by atoms with Crippen LogP contribution in [0.5, 0.6) is 0 Å². The number of carbonyl (C=O) groups excluding carboxylic acids is 2. The summed E-state index contributed by atoms with van der Waals surface area (Å²) >= 11 is 0. The number of anilines is 2. The van der Waals surface area contributed by atoms with Crippen molar-refractivity contribution in [2.45, 2.75) is 13.0 Å². The summed E-state index contributed by atoms with van der Waals surface area (Å²) in [5.41, 5.74) is 2.63. The van der Waals surface area contributed by atoms with E-state index in [0.717, 1.165) is 16.7 Å². The van der Waals surface area contributed by atoms with E-state index in [2.05, 4.69) is 10.6 Å². The van der Waals surface area contributed by atoms with Crippen LogP contribution in [0.3, 0.4) is 0 Å². The van der Waals surface area contributed by atoms with Gasteiger partial charge in [0.05, 0.1) is 6.04 Å². The molecule has 3 amide bonds. The summed E-state index contributed by atoms with van der Waals surface area (Å²) in [6.45, 7) is 1.91. The van der Waals surface area contributed by atoms with Crippen molar-refractivity contribution < 1.29 is 14.0 Å². The second-order valence-corrected chi connectivity index (χ2v) is 7.30. The molecule has 1 aromatic heterocycles. The lowest BCUT2D eigenvalue weighted by atomic mass is 10.2. The molecule has 0 bridgehead atoms. The van der Waals surface area contributed by atoms with E-state index in [-0.39, 0.29) is 18.0 Å². The molecule has 4 rings (SSSR count). The Balaban J connectivity index is 1.39. The number of urea groups is 1. The first-order valence-electron chi connectivity index (χ1n) is 10.00. The summed E-state index contributed by atoms with van der Waals surface area (Å²) in [7, 11) is 1.72. The van der Waals surface area contributed by atoms with Crippen molar-refractivity contribution in [2.75, 3.05) is 17.7 Å². The third kappa shape index (κ3) is 4.59. The van der Waals surface area contributed by atoms with Gasteiger partial charge in [-0.05, 0) is 55.5 Å². The topological polar surface area (TPSA) is 74.6 Å². The molecule has 156 valence electrons. The minimum absolute atomic E-state index is 0.209. The van der Waals surface area contributed by atoms with Gasteiger partial charge in [-0.1, -0.05) is 36.4 Å². The molecule has 1 unspecified atom stereocenters. The molecule has 0 fully saturated rings. The Morgan fingerprint density at radius 2 is 1.48 bits per heavy atom. The van der Waals surface area contributed by atoms with Crippen LogP contribution in [0.25, 0.3) is 11.0 Å². The monoisotopic (exact) mass is 413 g/mol. The van der Waals surface area contributed by atoms with E-state index in [1.165, 1.54) is 0 Å². The lowest BCUT2D eigenvalue weighted by Crippen LogP contribution is -2.33. The third-order valence-electron chi connectivity index (χ3n) is 5.19. The van der Waals surface area contributed by atoms with E-state index < -0.39 is 0 Å². The lowest BCUT2D eigenvalue weighted by Gasteiger charge is -2.23. The molecular formula is C25H23N3O3. The summed E-state index contributed by atoms with van der Waals surface area (Å²) in [5, 5.41) is 6.69. The zero-order valence-corrected chi connectivity index (χ0v) is 17.3. The molecule has 1 heterocycles. The molecular weight excluding hydrogens is 390 g/mol. The summed E-state index contributed by atoms with van der Waals surface area (Å²) in [5.74, 6) is 0.506. The van der Waals surface area contributed by atoms with E-state index in [1.807, 2.05) is 67.6 Å². The van der Waals surface area contributed by atoms with E-state index in [1.54, 1.807) is 36.2 Å². The lowest BCUT2D eigenvalue weighted by molar-refractivity contribution is 0.102. The molecule has 0 saturated carbocycles. The van der Waals surface area contributed by atoms with Crippen LogP contribution in [0.4, 0.5) is 16.2 Å². The highest BCUT2D eigenvalue weighted by atomic mass is 16.3. The zero-order chi connectivity index (χ0) is 21.8. The summed E-state index contributed by atoms with van der Waals surface area (Å²) in [6, 6.07) is 25.2. The van der Waals surface area contributed by atoms with Gasteiger partial charge in [-0.2, -0.15) is 0 Å². The smallest absolute Gasteiger partial charge is 0.322 e. The number of hydrogen-bond donors (Lipinski definition) is 2. The van der Waals surface area contributed by atoms with Gasteiger partial charge in [0.25, 0.3) is 5.91 Å². The van der Waals surface area contributed by atoms with Crippen molar-refractivity contribution in [1.29, 1.82) is 0 Å². The maximum atomic E-state index is 12.7. The highest BCUT2D eigenvalue weighted by Gasteiger charge is 2.21. The zero-order valence-electron chi connectivity index (χ0n) is 17.3. The third-order valence-corrected chi connectivity index (χ3v) is 5.19. The number of nitrogens with one attached hydrogen (secondary N) is 2. The molecule has 0 saturated heterocycles. The van der Waals surface area contributed by atoms with Gasteiger partial charge in [0, 0.05) is 29.4 Å². The number of fused-ring (bicyclic) bond motifs is 1. The van der Waals surface area contributed by atoms with Crippen molar-refractivity contribution >= 4 is 34.3 Å². The largest absolute Gasteiger partial charge is 0.459 e. The number of rotatable bonds is 5. The van der Waals surface area contributed by atoms with Crippen LogP contribution >= 0.6 is 0 Å². The van der Waals surface area contributed by atoms with E-state index in [4.69, 9.17) is 4.42 Å². The fraction of sp³-hybridized carbons (Fsp3) is 0.120. The number of nitrogens with zero attached hydrogens (tertiary/aromatic N) is 1. The van der Waals surface area contributed by atoms with Crippen molar-refractivity contribution in [3.05, 3.63) is 96.3 Å². The van der Waals surface area contributed by atoms with Crippen LogP contribution in [0.15, 0.2) is 89.3 Å². The number of furan rings is 1. The highest BCUT2D eigenvalue weighted by molar-refractivity contribution is 6.04. The minimum Gasteiger partial charge on any atom is -0.459 e. The van der Waals surface area contributed by atoms with E-state index >= 15 is 0 Å². The quantitative estimate of drug-likeness (QED) is 0.427. The molecule has 31 heavy (non-hydrogen) atoms. The Labute approximate surface area is 180 Å². The molecule has 4 aromatic rings. The molecule has 6 heteroatoms. The first-order valence-corrected chi connectivity index (χ1v) is 10.00. The molecule has 0 aliphatic carbocycles. The number of benzene rings is 3. The van der Waals surface area contributed by atoms with Gasteiger partial charge in [-0.25, -0.2) is 4.79 Å². The summed E-state index contributed by atoms with van der Waals surface area (Å²) < 4.78 is 5.88. The Morgan fingerprint density at radius 1 is 0.839 bits per heavy atom. The van der Waals surface area contributed by atoms with E-state index in [9.17, 15) is 9.59 Å². The maximum Gasteiger partial charge on any atom is 0.322 e. The number of carbonyl (C=O) groups is 2. The van der Waals surface area contributed by atoms with Crippen molar-refractivity contribution in [2.24, 2.45) is 0 Å². The predicted molar refractivity (Wildman–Crippen MR) is 122 cm³/mol. The van der Waals surface area contributed by atoms with Crippen molar-refractivity contribution in [1.82, 2.24) is 4.90 Å². The highest BCUT2D eigenvalue weighted by Crippen LogP contribution is 2.27. The standard InChI is InChI=1S/C25H23N3O3/c1-17(23-16-19-8-6-7-11-22(19)31-23)28(2)25(30)27-21-14-12-18(13-15-21)24(29)26-20-9-4-3-5-10-20/h3-17H,1-2H3,(H,26,29)(H,27,30). The van der Waals surface area contributed by atoms with Crippen LogP contribution in [-0.4, -0.2) is 23.9 Å². The summed E-state index contributed by atoms with van der Waals surface area (Å²) in [6.07, 6.45) is 0. The second kappa shape index (κ2) is 8.75. The first-order chi connectivity index (χ1) is 15.0. The van der Waals surface area contributed by atoms with Crippen LogP contribution < -0.4 is 10.6 Å². The molecule has 0 spiro atoms. The van der Waals surface area contributed by atoms with Gasteiger partial charge in [-0.3, -0.25) is 4.79 Å². The maximum absolute atomic E-state index is 12.7. The average molecular weight is 413 g/mol. The normalized spacial score (nSPS) is 11.7. The molecule has 0 aliphatic heterocycles. The Hall–Kier alpha value is -4.06. The summed E-state index contributed by atoms with van der Waals surface area (Å²) in [4.78, 5) is 26.6. The molecule has 2 N–H and O–H groups in total. The fourth-order valence-corrected chi connectivity index (χ4v) is 3.22. The molecule has 3 aromatic carbocycles. The molecule has 1 atom stereocenters. The van der Waals surface area contributed by atoms with Gasteiger partial charge in [0.1, 0.15) is 11.3 Å². The molecule has 0 aliphatic rings. The Morgan fingerprint density at radius 3 is 2.19 bits per heavy atom. The minimum atomic E-state index is -0.269. The number of hydrogen-bond acceptors (Lipinski definition) is 3. The van der Waals surface area contributed by atoms with Crippen LogP contribution in [0, 0.1) is 0 Å². The average Bonchev–Trinajstić information content (AvgIpc) is 3.23. The molecule has 6 nitrogen and oxygen atoms in total. The van der Waals surface area contributed by atoms with Gasteiger partial charge < -0.3 is 20.0 Å². The number of para-hydroxylation sites is 2.